The number of hydrogen-bond donors (Lipinski definition) is 0. The van der Waals surface area contributed by atoms with Gasteiger partial charge in [-0.05, 0) is 41.8 Å². The molecule has 0 aromatic heterocycles. The molecule has 0 radical (unpaired) electrons. The third-order valence-corrected chi connectivity index (χ3v) is 3.59. The highest BCUT2D eigenvalue weighted by Gasteiger charge is 2.02. The van der Waals surface area contributed by atoms with Gasteiger partial charge >= 0.3 is 0 Å². The molecule has 0 aliphatic heterocycles. The summed E-state index contributed by atoms with van der Waals surface area (Å²) < 4.78 is 0. The van der Waals surface area contributed by atoms with Crippen LogP contribution in [0.4, 0.5) is 0 Å². The fourth-order valence-electron chi connectivity index (χ4n) is 1.80. The van der Waals surface area contributed by atoms with Gasteiger partial charge in [-0.25, -0.2) is 0 Å². The summed E-state index contributed by atoms with van der Waals surface area (Å²) in [4.78, 5) is 12.0. The largest absolute Gasteiger partial charge is 0.289 e. The summed E-state index contributed by atoms with van der Waals surface area (Å²) in [6, 6.07) is 12.8. The zero-order valence-electron chi connectivity index (χ0n) is 11.1. The van der Waals surface area contributed by atoms with Gasteiger partial charge in [0.05, 0.1) is 0 Å². The molecule has 0 saturated heterocycles. The summed E-state index contributed by atoms with van der Waals surface area (Å²) in [7, 11) is 0. The molecule has 0 N–H and O–H groups in total. The molecule has 0 spiro atoms. The van der Waals surface area contributed by atoms with E-state index in [4.69, 9.17) is 23.2 Å². The highest BCUT2D eigenvalue weighted by Crippen LogP contribution is 2.22. The van der Waals surface area contributed by atoms with Crippen LogP contribution in [0.15, 0.2) is 48.5 Å². The van der Waals surface area contributed by atoms with E-state index in [1.54, 1.807) is 24.3 Å². The Bertz CT molecular complexity index is 643. The van der Waals surface area contributed by atoms with Crippen molar-refractivity contribution in [1.82, 2.24) is 0 Å². The molecule has 20 heavy (non-hydrogen) atoms. The van der Waals surface area contributed by atoms with Crippen molar-refractivity contribution >= 4 is 35.1 Å². The van der Waals surface area contributed by atoms with Crippen molar-refractivity contribution in [1.29, 1.82) is 0 Å². The lowest BCUT2D eigenvalue weighted by molar-refractivity contribution is 0.104. The standard InChI is InChI=1S/C17H14Cl2O/c1-2-12-3-5-14(6-4-12)17(20)10-8-13-7-9-15(18)11-16(13)19/h3-11H,2H2,1H3/b10-8+. The Morgan fingerprint density at radius 1 is 1.10 bits per heavy atom. The molecule has 102 valence electrons. The quantitative estimate of drug-likeness (QED) is 0.542. The first-order valence-electron chi connectivity index (χ1n) is 6.36. The SMILES string of the molecule is CCc1ccc(C(=O)/C=C/c2ccc(Cl)cc2Cl)cc1. The molecule has 0 saturated carbocycles. The highest BCUT2D eigenvalue weighted by molar-refractivity contribution is 6.35. The molecular formula is C17H14Cl2O. The second-order valence-electron chi connectivity index (χ2n) is 4.41. The second kappa shape index (κ2) is 6.74. The van der Waals surface area contributed by atoms with E-state index in [0.29, 0.717) is 15.6 Å². The number of benzene rings is 2. The van der Waals surface area contributed by atoms with Gasteiger partial charge in [-0.1, -0.05) is 60.5 Å². The lowest BCUT2D eigenvalue weighted by Gasteiger charge is -2.00. The van der Waals surface area contributed by atoms with E-state index in [1.165, 1.54) is 11.6 Å². The predicted octanol–water partition coefficient (Wildman–Crippen LogP) is 5.45. The molecule has 0 aliphatic rings. The van der Waals surface area contributed by atoms with Gasteiger partial charge < -0.3 is 0 Å². The average Bonchev–Trinajstić information content (AvgIpc) is 2.46. The molecule has 1 nitrogen and oxygen atoms in total. The molecule has 2 aromatic rings. The summed E-state index contributed by atoms with van der Waals surface area (Å²) in [5.74, 6) is -0.0429. The predicted molar refractivity (Wildman–Crippen MR) is 85.6 cm³/mol. The number of carbonyl (C=O) groups is 1. The molecule has 0 bridgehead atoms. The third-order valence-electron chi connectivity index (χ3n) is 3.02. The third kappa shape index (κ3) is 3.72. The van der Waals surface area contributed by atoms with Gasteiger partial charge in [-0.2, -0.15) is 0 Å². The fraction of sp³-hybridized carbons (Fsp3) is 0.118. The van der Waals surface area contributed by atoms with Crippen LogP contribution in [0, 0.1) is 0 Å². The Morgan fingerprint density at radius 2 is 1.80 bits per heavy atom. The van der Waals surface area contributed by atoms with Crippen LogP contribution in [0.3, 0.4) is 0 Å². The summed E-state index contributed by atoms with van der Waals surface area (Å²) in [5, 5.41) is 1.11. The molecule has 0 unspecified atom stereocenters. The number of rotatable bonds is 4. The zero-order chi connectivity index (χ0) is 14.5. The maximum absolute atomic E-state index is 12.0. The molecule has 2 aromatic carbocycles. The molecule has 0 fully saturated rings. The van der Waals surface area contributed by atoms with E-state index in [1.807, 2.05) is 24.3 Å². The van der Waals surface area contributed by atoms with E-state index in [-0.39, 0.29) is 5.78 Å². The molecule has 0 amide bonds. The monoisotopic (exact) mass is 304 g/mol. The Hall–Kier alpha value is -1.57. The number of halogens is 2. The lowest BCUT2D eigenvalue weighted by Crippen LogP contribution is -1.94. The maximum atomic E-state index is 12.0. The fourth-order valence-corrected chi connectivity index (χ4v) is 2.27. The van der Waals surface area contributed by atoms with Gasteiger partial charge in [0.25, 0.3) is 0 Å². The number of aryl methyl sites for hydroxylation is 1. The summed E-state index contributed by atoms with van der Waals surface area (Å²) in [6.45, 7) is 2.08. The van der Waals surface area contributed by atoms with Crippen molar-refractivity contribution in [2.75, 3.05) is 0 Å². The van der Waals surface area contributed by atoms with Gasteiger partial charge in [-0.3, -0.25) is 4.79 Å². The Balaban J connectivity index is 2.15. The first-order valence-corrected chi connectivity index (χ1v) is 7.12. The first-order chi connectivity index (χ1) is 9.60. The molecule has 0 atom stereocenters. The summed E-state index contributed by atoms with van der Waals surface area (Å²) >= 11 is 11.9. The normalized spacial score (nSPS) is 10.9. The molecule has 0 aliphatic carbocycles. The maximum Gasteiger partial charge on any atom is 0.185 e. The molecule has 3 heteroatoms. The van der Waals surface area contributed by atoms with E-state index in [0.717, 1.165) is 12.0 Å². The van der Waals surface area contributed by atoms with Crippen molar-refractivity contribution in [3.63, 3.8) is 0 Å². The van der Waals surface area contributed by atoms with Crippen molar-refractivity contribution in [3.8, 4) is 0 Å². The Morgan fingerprint density at radius 3 is 2.40 bits per heavy atom. The van der Waals surface area contributed by atoms with Crippen molar-refractivity contribution in [2.45, 2.75) is 13.3 Å². The van der Waals surface area contributed by atoms with Crippen molar-refractivity contribution < 1.29 is 4.79 Å². The summed E-state index contributed by atoms with van der Waals surface area (Å²) in [6.07, 6.45) is 4.19. The minimum atomic E-state index is -0.0429. The number of allylic oxidation sites excluding steroid dienone is 1. The van der Waals surface area contributed by atoms with Crippen LogP contribution in [-0.2, 0) is 6.42 Å². The van der Waals surface area contributed by atoms with Crippen LogP contribution in [0.2, 0.25) is 10.0 Å². The number of ketones is 1. The van der Waals surface area contributed by atoms with Crippen LogP contribution in [0.1, 0.15) is 28.4 Å². The van der Waals surface area contributed by atoms with Crippen LogP contribution >= 0.6 is 23.2 Å². The molecule has 2 rings (SSSR count). The smallest absolute Gasteiger partial charge is 0.185 e. The van der Waals surface area contributed by atoms with Crippen LogP contribution in [0.25, 0.3) is 6.08 Å². The van der Waals surface area contributed by atoms with Crippen molar-refractivity contribution in [3.05, 3.63) is 75.3 Å². The van der Waals surface area contributed by atoms with Gasteiger partial charge in [0.1, 0.15) is 0 Å². The number of carbonyl (C=O) groups excluding carboxylic acids is 1. The van der Waals surface area contributed by atoms with Gasteiger partial charge in [0.2, 0.25) is 0 Å². The van der Waals surface area contributed by atoms with Gasteiger partial charge in [0.15, 0.2) is 5.78 Å². The van der Waals surface area contributed by atoms with E-state index in [2.05, 4.69) is 6.92 Å². The van der Waals surface area contributed by atoms with E-state index in [9.17, 15) is 4.79 Å². The summed E-state index contributed by atoms with van der Waals surface area (Å²) in [5.41, 5.74) is 2.66. The first kappa shape index (κ1) is 14.8. The lowest BCUT2D eigenvalue weighted by atomic mass is 10.1. The van der Waals surface area contributed by atoms with Gasteiger partial charge in [0, 0.05) is 15.6 Å². The van der Waals surface area contributed by atoms with Crippen LogP contribution in [-0.4, -0.2) is 5.78 Å². The van der Waals surface area contributed by atoms with E-state index >= 15 is 0 Å². The average molecular weight is 305 g/mol. The Kier molecular flexibility index (Phi) is 4.99. The highest BCUT2D eigenvalue weighted by atomic mass is 35.5. The Labute approximate surface area is 128 Å². The zero-order valence-corrected chi connectivity index (χ0v) is 12.6. The van der Waals surface area contributed by atoms with Crippen molar-refractivity contribution in [2.24, 2.45) is 0 Å². The molecular weight excluding hydrogens is 291 g/mol. The topological polar surface area (TPSA) is 17.1 Å². The van der Waals surface area contributed by atoms with E-state index < -0.39 is 0 Å². The minimum Gasteiger partial charge on any atom is -0.289 e. The number of hydrogen-bond acceptors (Lipinski definition) is 1. The second-order valence-corrected chi connectivity index (χ2v) is 5.26. The van der Waals surface area contributed by atoms with Crippen LogP contribution < -0.4 is 0 Å². The van der Waals surface area contributed by atoms with Gasteiger partial charge in [-0.15, -0.1) is 0 Å². The van der Waals surface area contributed by atoms with Crippen LogP contribution in [0.5, 0.6) is 0 Å². The molecule has 0 heterocycles. The minimum absolute atomic E-state index is 0.0429.